The lowest BCUT2D eigenvalue weighted by molar-refractivity contribution is -0.128. The number of rotatable bonds is 5. The molecule has 1 N–H and O–H groups in total. The molecule has 0 heterocycles. The normalized spacial score (nSPS) is 10.9. The topological polar surface area (TPSA) is 90.3 Å². The van der Waals surface area contributed by atoms with E-state index in [1.807, 2.05) is 6.07 Å². The van der Waals surface area contributed by atoms with Crippen molar-refractivity contribution in [2.24, 2.45) is 0 Å². The van der Waals surface area contributed by atoms with Gasteiger partial charge >= 0.3 is 0 Å². The molecule has 0 saturated carbocycles. The van der Waals surface area contributed by atoms with E-state index in [1.54, 1.807) is 14.0 Å². The van der Waals surface area contributed by atoms with Gasteiger partial charge in [-0.1, -0.05) is 11.6 Å². The summed E-state index contributed by atoms with van der Waals surface area (Å²) < 4.78 is 26.1. The van der Waals surface area contributed by atoms with Gasteiger partial charge < -0.3 is 4.90 Å². The zero-order valence-electron chi connectivity index (χ0n) is 11.1. The quantitative estimate of drug-likeness (QED) is 0.876. The Hall–Kier alpha value is -1.62. The van der Waals surface area contributed by atoms with E-state index < -0.39 is 10.0 Å². The van der Waals surface area contributed by atoms with Gasteiger partial charge in [0.15, 0.2) is 0 Å². The number of amides is 1. The van der Waals surface area contributed by atoms with Crippen molar-refractivity contribution in [1.82, 2.24) is 9.62 Å². The second-order valence-corrected chi connectivity index (χ2v) is 6.16. The molecule has 0 aromatic heterocycles. The molecule has 1 aromatic rings. The van der Waals surface area contributed by atoms with Gasteiger partial charge in [-0.2, -0.15) is 5.26 Å². The number of nitrogens with one attached hydrogen (secondary N) is 1. The molecular weight excluding hydrogens is 302 g/mol. The van der Waals surface area contributed by atoms with E-state index in [4.69, 9.17) is 16.9 Å². The first-order valence-electron chi connectivity index (χ1n) is 5.75. The molecule has 0 fully saturated rings. The van der Waals surface area contributed by atoms with Gasteiger partial charge in [-0.3, -0.25) is 4.79 Å². The maximum Gasteiger partial charge on any atom is 0.241 e. The van der Waals surface area contributed by atoms with E-state index in [1.165, 1.54) is 23.1 Å². The number of hydrogen-bond donors (Lipinski definition) is 1. The van der Waals surface area contributed by atoms with Crippen LogP contribution in [0.1, 0.15) is 12.5 Å². The van der Waals surface area contributed by atoms with E-state index in [2.05, 4.69) is 4.72 Å². The molecule has 20 heavy (non-hydrogen) atoms. The van der Waals surface area contributed by atoms with Gasteiger partial charge in [0.1, 0.15) is 6.07 Å². The molecule has 8 heteroatoms. The molecule has 1 amide bonds. The summed E-state index contributed by atoms with van der Waals surface area (Å²) in [7, 11) is -2.26. The molecule has 0 aliphatic rings. The smallest absolute Gasteiger partial charge is 0.241 e. The summed E-state index contributed by atoms with van der Waals surface area (Å²) in [6.07, 6.45) is 0. The van der Waals surface area contributed by atoms with Crippen LogP contribution in [0.25, 0.3) is 0 Å². The van der Waals surface area contributed by atoms with Crippen LogP contribution in [0.15, 0.2) is 23.1 Å². The Labute approximate surface area is 123 Å². The standard InChI is InChI=1S/C12H14ClN3O3S/c1-3-16(2)12(17)8-15-20(18,19)10-5-4-9(7-14)11(13)6-10/h4-6,15H,3,8H2,1-2H3. The lowest BCUT2D eigenvalue weighted by Crippen LogP contribution is -2.37. The minimum atomic E-state index is -3.84. The SMILES string of the molecule is CCN(C)C(=O)CNS(=O)(=O)c1ccc(C#N)c(Cl)c1. The van der Waals surface area contributed by atoms with Gasteiger partial charge in [0, 0.05) is 13.6 Å². The highest BCUT2D eigenvalue weighted by Crippen LogP contribution is 2.19. The first-order valence-corrected chi connectivity index (χ1v) is 7.61. The van der Waals surface area contributed by atoms with Crippen molar-refractivity contribution >= 4 is 27.5 Å². The highest BCUT2D eigenvalue weighted by molar-refractivity contribution is 7.89. The second kappa shape index (κ2) is 6.70. The number of nitriles is 1. The molecule has 0 aliphatic carbocycles. The van der Waals surface area contributed by atoms with E-state index in [0.717, 1.165) is 0 Å². The van der Waals surface area contributed by atoms with Crippen LogP contribution >= 0.6 is 11.6 Å². The molecule has 1 rings (SSSR count). The average Bonchev–Trinajstić information content (AvgIpc) is 2.43. The summed E-state index contributed by atoms with van der Waals surface area (Å²) in [5, 5.41) is 8.78. The second-order valence-electron chi connectivity index (χ2n) is 3.99. The summed E-state index contributed by atoms with van der Waals surface area (Å²) in [4.78, 5) is 12.9. The molecule has 108 valence electrons. The monoisotopic (exact) mass is 315 g/mol. The Balaban J connectivity index is 2.88. The molecule has 0 bridgehead atoms. The van der Waals surface area contributed by atoms with Gasteiger partial charge in [-0.05, 0) is 25.1 Å². The number of benzene rings is 1. The molecule has 0 unspecified atom stereocenters. The van der Waals surface area contributed by atoms with Crippen LogP contribution in [0.2, 0.25) is 5.02 Å². The number of halogens is 1. The number of nitrogens with zero attached hydrogens (tertiary/aromatic N) is 2. The Morgan fingerprint density at radius 3 is 2.65 bits per heavy atom. The van der Waals surface area contributed by atoms with Crippen LogP contribution in [0, 0.1) is 11.3 Å². The number of likely N-dealkylation sites (N-methyl/N-ethyl adjacent to an activating group) is 1. The Kier molecular flexibility index (Phi) is 5.51. The number of carbonyl (C=O) groups is 1. The summed E-state index contributed by atoms with van der Waals surface area (Å²) >= 11 is 5.78. The highest BCUT2D eigenvalue weighted by Gasteiger charge is 2.18. The first kappa shape index (κ1) is 16.4. The van der Waals surface area contributed by atoms with Crippen molar-refractivity contribution in [3.05, 3.63) is 28.8 Å². The average molecular weight is 316 g/mol. The van der Waals surface area contributed by atoms with Crippen molar-refractivity contribution in [1.29, 1.82) is 5.26 Å². The van der Waals surface area contributed by atoms with Crippen LogP contribution in [0.3, 0.4) is 0 Å². The predicted octanol–water partition coefficient (Wildman–Crippen LogP) is 0.968. The van der Waals surface area contributed by atoms with E-state index in [0.29, 0.717) is 6.54 Å². The van der Waals surface area contributed by atoms with Crippen LogP contribution in [0.5, 0.6) is 0 Å². The highest BCUT2D eigenvalue weighted by atomic mass is 35.5. The van der Waals surface area contributed by atoms with Crippen molar-refractivity contribution in [3.8, 4) is 6.07 Å². The molecule has 0 saturated heterocycles. The first-order chi connectivity index (χ1) is 9.31. The maximum atomic E-state index is 12.0. The largest absolute Gasteiger partial charge is 0.345 e. The van der Waals surface area contributed by atoms with E-state index in [-0.39, 0.29) is 27.9 Å². The van der Waals surface area contributed by atoms with Gasteiger partial charge in [0.2, 0.25) is 15.9 Å². The van der Waals surface area contributed by atoms with Crippen molar-refractivity contribution in [3.63, 3.8) is 0 Å². The fraction of sp³-hybridized carbons (Fsp3) is 0.333. The van der Waals surface area contributed by atoms with Crippen LogP contribution < -0.4 is 4.72 Å². The lowest BCUT2D eigenvalue weighted by atomic mass is 10.2. The third kappa shape index (κ3) is 3.93. The summed E-state index contributed by atoms with van der Waals surface area (Å²) in [5.41, 5.74) is 0.187. The summed E-state index contributed by atoms with van der Waals surface area (Å²) in [6.45, 7) is 1.94. The molecule has 0 aliphatic heterocycles. The van der Waals surface area contributed by atoms with Crippen molar-refractivity contribution in [2.75, 3.05) is 20.1 Å². The van der Waals surface area contributed by atoms with Crippen molar-refractivity contribution in [2.45, 2.75) is 11.8 Å². The van der Waals surface area contributed by atoms with Crippen molar-refractivity contribution < 1.29 is 13.2 Å². The van der Waals surface area contributed by atoms with E-state index in [9.17, 15) is 13.2 Å². The zero-order chi connectivity index (χ0) is 15.3. The Morgan fingerprint density at radius 1 is 1.50 bits per heavy atom. The van der Waals surface area contributed by atoms with Crippen LogP contribution in [-0.4, -0.2) is 39.4 Å². The number of sulfonamides is 1. The number of carbonyl (C=O) groups excluding carboxylic acids is 1. The molecular formula is C12H14ClN3O3S. The molecule has 6 nitrogen and oxygen atoms in total. The Morgan fingerprint density at radius 2 is 2.15 bits per heavy atom. The Bertz CT molecular complexity index is 652. The summed E-state index contributed by atoms with van der Waals surface area (Å²) in [5.74, 6) is -0.337. The van der Waals surface area contributed by atoms with E-state index >= 15 is 0 Å². The molecule has 0 atom stereocenters. The van der Waals surface area contributed by atoms with Gasteiger partial charge in [0.25, 0.3) is 0 Å². The summed E-state index contributed by atoms with van der Waals surface area (Å²) in [6, 6.07) is 5.60. The minimum Gasteiger partial charge on any atom is -0.345 e. The third-order valence-electron chi connectivity index (χ3n) is 2.68. The lowest BCUT2D eigenvalue weighted by Gasteiger charge is -2.14. The third-order valence-corrected chi connectivity index (χ3v) is 4.40. The minimum absolute atomic E-state index is 0.0485. The van der Waals surface area contributed by atoms with Crippen LogP contribution in [-0.2, 0) is 14.8 Å². The number of hydrogen-bond acceptors (Lipinski definition) is 4. The molecule has 0 spiro atoms. The van der Waals surface area contributed by atoms with Crippen LogP contribution in [0.4, 0.5) is 0 Å². The predicted molar refractivity (Wildman–Crippen MR) is 74.7 cm³/mol. The zero-order valence-corrected chi connectivity index (χ0v) is 12.6. The fourth-order valence-electron chi connectivity index (χ4n) is 1.31. The fourth-order valence-corrected chi connectivity index (χ4v) is 2.59. The van der Waals surface area contributed by atoms with Gasteiger partial charge in [-0.15, -0.1) is 0 Å². The van der Waals surface area contributed by atoms with Gasteiger partial charge in [-0.25, -0.2) is 13.1 Å². The maximum absolute atomic E-state index is 12.0. The van der Waals surface area contributed by atoms with Gasteiger partial charge in [0.05, 0.1) is 22.0 Å². The molecule has 0 radical (unpaired) electrons. The molecule has 1 aromatic carbocycles.